The third-order valence-corrected chi connectivity index (χ3v) is 5.81. The van der Waals surface area contributed by atoms with Crippen LogP contribution in [0, 0.1) is 13.8 Å². The topological polar surface area (TPSA) is 65.4 Å². The Hall–Kier alpha value is -1.70. The molecule has 2 heterocycles. The second-order valence-electron chi connectivity index (χ2n) is 6.49. The van der Waals surface area contributed by atoms with E-state index in [4.69, 9.17) is 21.1 Å². The molecular formula is C19H24ClN3O3S. The van der Waals surface area contributed by atoms with Gasteiger partial charge in [0.2, 0.25) is 5.91 Å². The number of aryl methyl sites for hydroxylation is 1. The van der Waals surface area contributed by atoms with Crippen LogP contribution < -0.4 is 10.1 Å². The molecule has 0 bridgehead atoms. The molecule has 1 amide bonds. The van der Waals surface area contributed by atoms with Gasteiger partial charge in [0.1, 0.15) is 5.75 Å². The van der Waals surface area contributed by atoms with E-state index in [-0.39, 0.29) is 17.8 Å². The molecule has 1 fully saturated rings. The number of aromatic nitrogens is 2. The van der Waals surface area contributed by atoms with Crippen LogP contribution in [0.25, 0.3) is 0 Å². The number of hydrogen-bond donors (Lipinski definition) is 1. The number of amides is 1. The Bertz CT molecular complexity index is 819. The minimum absolute atomic E-state index is 0.137. The van der Waals surface area contributed by atoms with Gasteiger partial charge in [0.15, 0.2) is 5.16 Å². The number of benzene rings is 1. The minimum atomic E-state index is -0.137. The number of thioether (sulfide) groups is 1. The number of carbonyl (C=O) groups excluding carboxylic acids is 1. The molecule has 1 aromatic carbocycles. The molecule has 8 heteroatoms. The summed E-state index contributed by atoms with van der Waals surface area (Å²) in [4.78, 5) is 17.0. The monoisotopic (exact) mass is 409 g/mol. The molecule has 146 valence electrons. The molecule has 0 aliphatic carbocycles. The highest BCUT2D eigenvalue weighted by molar-refractivity contribution is 7.99. The minimum Gasteiger partial charge on any atom is -0.495 e. The summed E-state index contributed by atoms with van der Waals surface area (Å²) in [6.07, 6.45) is 2.39. The Balaban J connectivity index is 1.65. The Labute approximate surface area is 168 Å². The van der Waals surface area contributed by atoms with Crippen LogP contribution in [0.2, 0.25) is 5.02 Å². The predicted molar refractivity (Wildman–Crippen MR) is 108 cm³/mol. The Morgan fingerprint density at radius 3 is 3.00 bits per heavy atom. The Morgan fingerprint density at radius 2 is 2.30 bits per heavy atom. The van der Waals surface area contributed by atoms with Gasteiger partial charge in [-0.25, -0.2) is 4.98 Å². The van der Waals surface area contributed by atoms with Crippen LogP contribution in [0.5, 0.6) is 5.75 Å². The lowest BCUT2D eigenvalue weighted by Crippen LogP contribution is -2.18. The molecule has 0 unspecified atom stereocenters. The van der Waals surface area contributed by atoms with Crippen LogP contribution in [-0.4, -0.2) is 41.0 Å². The zero-order valence-corrected chi connectivity index (χ0v) is 17.3. The smallest absolute Gasteiger partial charge is 0.234 e. The van der Waals surface area contributed by atoms with E-state index in [0.717, 1.165) is 42.5 Å². The van der Waals surface area contributed by atoms with Crippen LogP contribution in [0.4, 0.5) is 5.69 Å². The largest absolute Gasteiger partial charge is 0.495 e. The summed E-state index contributed by atoms with van der Waals surface area (Å²) in [7, 11) is 1.56. The summed E-state index contributed by atoms with van der Waals surface area (Å²) in [6, 6.07) is 5.12. The van der Waals surface area contributed by atoms with Crippen LogP contribution in [0.3, 0.4) is 0 Å². The van der Waals surface area contributed by atoms with E-state index in [9.17, 15) is 4.79 Å². The summed E-state index contributed by atoms with van der Waals surface area (Å²) >= 11 is 7.44. The van der Waals surface area contributed by atoms with Gasteiger partial charge < -0.3 is 19.4 Å². The van der Waals surface area contributed by atoms with Crippen molar-refractivity contribution in [3.63, 3.8) is 0 Å². The number of rotatable bonds is 7. The summed E-state index contributed by atoms with van der Waals surface area (Å²) in [5.74, 6) is 0.684. The van der Waals surface area contributed by atoms with E-state index >= 15 is 0 Å². The molecule has 6 nitrogen and oxygen atoms in total. The number of methoxy groups -OCH3 is 1. The Morgan fingerprint density at radius 1 is 1.48 bits per heavy atom. The molecule has 0 saturated carbocycles. The van der Waals surface area contributed by atoms with Crippen molar-refractivity contribution < 1.29 is 14.3 Å². The highest BCUT2D eigenvalue weighted by Crippen LogP contribution is 2.29. The molecule has 3 rings (SSSR count). The summed E-state index contributed by atoms with van der Waals surface area (Å²) in [5, 5.41) is 4.24. The SMILES string of the molecule is COc1ccc(Cl)cc1NC(=O)CSc1nc(C)c(C)n1C[C@H]1CCCO1. The van der Waals surface area contributed by atoms with E-state index in [2.05, 4.69) is 21.8 Å². The van der Waals surface area contributed by atoms with Crippen LogP contribution in [0.15, 0.2) is 23.4 Å². The first kappa shape index (κ1) is 20.0. The maximum atomic E-state index is 12.4. The van der Waals surface area contributed by atoms with Crippen LogP contribution in [0.1, 0.15) is 24.2 Å². The van der Waals surface area contributed by atoms with Crippen molar-refractivity contribution in [2.75, 3.05) is 24.8 Å². The Kier molecular flexibility index (Phi) is 6.68. The average molecular weight is 410 g/mol. The molecule has 1 aliphatic heterocycles. The summed E-state index contributed by atoms with van der Waals surface area (Å²) in [5.41, 5.74) is 2.66. The van der Waals surface area contributed by atoms with Gasteiger partial charge in [0.25, 0.3) is 0 Å². The number of imidazole rings is 1. The van der Waals surface area contributed by atoms with Crippen LogP contribution >= 0.6 is 23.4 Å². The van der Waals surface area contributed by atoms with E-state index in [1.165, 1.54) is 11.8 Å². The van der Waals surface area contributed by atoms with Gasteiger partial charge in [-0.15, -0.1) is 0 Å². The number of anilines is 1. The van der Waals surface area contributed by atoms with Gasteiger partial charge in [-0.2, -0.15) is 0 Å². The maximum absolute atomic E-state index is 12.4. The lowest BCUT2D eigenvalue weighted by Gasteiger charge is -2.15. The molecule has 0 spiro atoms. The number of carbonyl (C=O) groups is 1. The van der Waals surface area contributed by atoms with Crippen LogP contribution in [-0.2, 0) is 16.1 Å². The number of halogens is 1. The first-order chi connectivity index (χ1) is 13.0. The number of nitrogens with one attached hydrogen (secondary N) is 1. The molecule has 27 heavy (non-hydrogen) atoms. The van der Waals surface area contributed by atoms with Crippen molar-refractivity contribution in [1.29, 1.82) is 0 Å². The highest BCUT2D eigenvalue weighted by Gasteiger charge is 2.21. The zero-order chi connectivity index (χ0) is 19.4. The quantitative estimate of drug-likeness (QED) is 0.698. The molecule has 0 radical (unpaired) electrons. The van der Waals surface area contributed by atoms with E-state index in [0.29, 0.717) is 16.5 Å². The molecule has 1 aromatic heterocycles. The second-order valence-corrected chi connectivity index (χ2v) is 7.87. The van der Waals surface area contributed by atoms with Gasteiger partial charge in [-0.05, 0) is 44.9 Å². The van der Waals surface area contributed by atoms with Crippen molar-refractivity contribution in [1.82, 2.24) is 9.55 Å². The lowest BCUT2D eigenvalue weighted by atomic mass is 10.2. The number of hydrogen-bond acceptors (Lipinski definition) is 5. The van der Waals surface area contributed by atoms with E-state index in [1.807, 2.05) is 6.92 Å². The summed E-state index contributed by atoms with van der Waals surface area (Å²) in [6.45, 7) is 5.64. The first-order valence-corrected chi connectivity index (χ1v) is 10.3. The molecule has 1 aliphatic rings. The molecule has 1 atom stereocenters. The first-order valence-electron chi connectivity index (χ1n) is 8.89. The van der Waals surface area contributed by atoms with E-state index < -0.39 is 0 Å². The molecular weight excluding hydrogens is 386 g/mol. The molecule has 1 N–H and O–H groups in total. The molecule has 1 saturated heterocycles. The fraction of sp³-hybridized carbons (Fsp3) is 0.474. The maximum Gasteiger partial charge on any atom is 0.234 e. The van der Waals surface area contributed by atoms with Crippen molar-refractivity contribution in [2.45, 2.75) is 44.5 Å². The third kappa shape index (κ3) is 4.97. The fourth-order valence-corrected chi connectivity index (χ4v) is 4.11. The number of ether oxygens (including phenoxy) is 2. The number of nitrogens with zero attached hydrogens (tertiary/aromatic N) is 2. The fourth-order valence-electron chi connectivity index (χ4n) is 3.03. The average Bonchev–Trinajstić information content (AvgIpc) is 3.24. The van der Waals surface area contributed by atoms with Gasteiger partial charge in [-0.1, -0.05) is 23.4 Å². The normalized spacial score (nSPS) is 16.5. The molecule has 2 aromatic rings. The van der Waals surface area contributed by atoms with E-state index in [1.54, 1.807) is 25.3 Å². The zero-order valence-electron chi connectivity index (χ0n) is 15.8. The van der Waals surface area contributed by atoms with Gasteiger partial charge >= 0.3 is 0 Å². The van der Waals surface area contributed by atoms with Crippen molar-refractivity contribution in [3.8, 4) is 5.75 Å². The van der Waals surface area contributed by atoms with Gasteiger partial charge in [0, 0.05) is 17.3 Å². The van der Waals surface area contributed by atoms with Gasteiger partial charge in [-0.3, -0.25) is 4.79 Å². The predicted octanol–water partition coefficient (Wildman–Crippen LogP) is 4.07. The summed E-state index contributed by atoms with van der Waals surface area (Å²) < 4.78 is 13.2. The lowest BCUT2D eigenvalue weighted by molar-refractivity contribution is -0.113. The van der Waals surface area contributed by atoms with Crippen molar-refractivity contribution in [3.05, 3.63) is 34.6 Å². The van der Waals surface area contributed by atoms with Crippen molar-refractivity contribution >= 4 is 35.0 Å². The van der Waals surface area contributed by atoms with Gasteiger partial charge in [0.05, 0.1) is 36.9 Å². The third-order valence-electron chi connectivity index (χ3n) is 4.60. The second kappa shape index (κ2) is 8.99. The standard InChI is InChI=1S/C19H24ClN3O3S/c1-12-13(2)23(10-15-5-4-8-26-15)19(21-12)27-11-18(24)22-16-9-14(20)6-7-17(16)25-3/h6-7,9,15H,4-5,8,10-11H2,1-3H3,(H,22,24)/t15-/m1/s1. The van der Waals surface area contributed by atoms with Crippen molar-refractivity contribution in [2.24, 2.45) is 0 Å². The highest BCUT2D eigenvalue weighted by atomic mass is 35.5.